The van der Waals surface area contributed by atoms with Gasteiger partial charge in [-0.05, 0) is 37.6 Å². The molecule has 0 saturated heterocycles. The molecule has 1 aromatic heterocycles. The highest BCUT2D eigenvalue weighted by Gasteiger charge is 2.17. The van der Waals surface area contributed by atoms with E-state index in [0.29, 0.717) is 10.0 Å². The Kier molecular flexibility index (Phi) is 6.56. The van der Waals surface area contributed by atoms with E-state index in [2.05, 4.69) is 16.0 Å². The molecular weight excluding hydrogens is 411 g/mol. The second-order valence-corrected chi connectivity index (χ2v) is 7.41. The molecular formula is C21H20Cl2N4O2. The van der Waals surface area contributed by atoms with Gasteiger partial charge in [0.1, 0.15) is 0 Å². The fourth-order valence-electron chi connectivity index (χ4n) is 2.97. The van der Waals surface area contributed by atoms with Crippen LogP contribution in [0, 0.1) is 13.8 Å². The predicted molar refractivity (Wildman–Crippen MR) is 113 cm³/mol. The summed E-state index contributed by atoms with van der Waals surface area (Å²) in [5.41, 5.74) is 8.84. The zero-order chi connectivity index (χ0) is 21.0. The number of nitrogens with zero attached hydrogens (tertiary/aromatic N) is 2. The molecule has 6 nitrogen and oxygen atoms in total. The van der Waals surface area contributed by atoms with Crippen molar-refractivity contribution in [3.8, 4) is 5.69 Å². The third-order valence-corrected chi connectivity index (χ3v) is 5.21. The van der Waals surface area contributed by atoms with Gasteiger partial charge in [0.15, 0.2) is 0 Å². The molecule has 2 aromatic carbocycles. The first-order chi connectivity index (χ1) is 13.8. The summed E-state index contributed by atoms with van der Waals surface area (Å²) in [5.74, 6) is -0.615. The molecule has 8 heteroatoms. The Morgan fingerprint density at radius 1 is 0.931 bits per heavy atom. The standard InChI is InChI=1S/C21H20Cl2N4O2/c1-13-17(14(2)27(26-13)16-8-9-18(22)19(23)11-16)12-21(29)25-24-20(28)10-15-6-4-3-5-7-15/h3-9,11H,10,12H2,1-2H3,(H,24,28)(H,25,29). The van der Waals surface area contributed by atoms with Crippen LogP contribution in [-0.4, -0.2) is 21.6 Å². The highest BCUT2D eigenvalue weighted by atomic mass is 35.5. The monoisotopic (exact) mass is 430 g/mol. The van der Waals surface area contributed by atoms with Crippen molar-refractivity contribution in [1.29, 1.82) is 0 Å². The smallest absolute Gasteiger partial charge is 0.242 e. The van der Waals surface area contributed by atoms with Crippen molar-refractivity contribution >= 4 is 35.0 Å². The number of amides is 2. The highest BCUT2D eigenvalue weighted by Crippen LogP contribution is 2.26. The van der Waals surface area contributed by atoms with Gasteiger partial charge in [-0.2, -0.15) is 5.10 Å². The van der Waals surface area contributed by atoms with Crippen molar-refractivity contribution in [3.05, 3.63) is 81.1 Å². The largest absolute Gasteiger partial charge is 0.273 e. The van der Waals surface area contributed by atoms with E-state index in [1.54, 1.807) is 22.9 Å². The fraction of sp³-hybridized carbons (Fsp3) is 0.190. The van der Waals surface area contributed by atoms with Crippen LogP contribution >= 0.6 is 23.2 Å². The van der Waals surface area contributed by atoms with E-state index < -0.39 is 0 Å². The summed E-state index contributed by atoms with van der Waals surface area (Å²) in [6, 6.07) is 14.5. The molecule has 0 radical (unpaired) electrons. The van der Waals surface area contributed by atoms with Crippen LogP contribution in [0.3, 0.4) is 0 Å². The Bertz CT molecular complexity index is 1050. The van der Waals surface area contributed by atoms with Crippen molar-refractivity contribution in [2.45, 2.75) is 26.7 Å². The van der Waals surface area contributed by atoms with Crippen LogP contribution in [0.5, 0.6) is 0 Å². The number of benzene rings is 2. The SMILES string of the molecule is Cc1nn(-c2ccc(Cl)c(Cl)c2)c(C)c1CC(=O)NNC(=O)Cc1ccccc1. The van der Waals surface area contributed by atoms with Crippen molar-refractivity contribution < 1.29 is 9.59 Å². The van der Waals surface area contributed by atoms with Gasteiger partial charge in [-0.25, -0.2) is 4.68 Å². The minimum atomic E-state index is -0.327. The molecule has 29 heavy (non-hydrogen) atoms. The molecule has 1 heterocycles. The molecule has 0 aliphatic rings. The number of hydrogen-bond acceptors (Lipinski definition) is 3. The van der Waals surface area contributed by atoms with Gasteiger partial charge in [-0.3, -0.25) is 20.4 Å². The zero-order valence-electron chi connectivity index (χ0n) is 16.0. The number of hydrazine groups is 1. The zero-order valence-corrected chi connectivity index (χ0v) is 17.5. The molecule has 3 rings (SSSR count). The maximum atomic E-state index is 12.3. The molecule has 0 fully saturated rings. The van der Waals surface area contributed by atoms with Gasteiger partial charge < -0.3 is 0 Å². The van der Waals surface area contributed by atoms with E-state index in [0.717, 1.165) is 28.2 Å². The second-order valence-electron chi connectivity index (χ2n) is 6.60. The molecule has 0 atom stereocenters. The maximum Gasteiger partial charge on any atom is 0.242 e. The van der Waals surface area contributed by atoms with Gasteiger partial charge in [0.25, 0.3) is 0 Å². The molecule has 0 saturated carbocycles. The van der Waals surface area contributed by atoms with Crippen molar-refractivity contribution in [1.82, 2.24) is 20.6 Å². The first kappa shape index (κ1) is 20.9. The third kappa shape index (κ3) is 5.16. The minimum Gasteiger partial charge on any atom is -0.273 e. The Hall–Kier alpha value is -2.83. The third-order valence-electron chi connectivity index (χ3n) is 4.48. The van der Waals surface area contributed by atoms with Crippen LogP contribution in [0.2, 0.25) is 10.0 Å². The van der Waals surface area contributed by atoms with Crippen molar-refractivity contribution in [2.24, 2.45) is 0 Å². The lowest BCUT2D eigenvalue weighted by atomic mass is 10.1. The molecule has 0 aliphatic carbocycles. The maximum absolute atomic E-state index is 12.3. The van der Waals surface area contributed by atoms with E-state index in [-0.39, 0.29) is 24.7 Å². The number of aromatic nitrogens is 2. The topological polar surface area (TPSA) is 76.0 Å². The number of hydrogen-bond donors (Lipinski definition) is 2. The predicted octanol–water partition coefficient (Wildman–Crippen LogP) is 3.73. The molecule has 0 aliphatic heterocycles. The fourth-order valence-corrected chi connectivity index (χ4v) is 3.26. The number of carbonyl (C=O) groups excluding carboxylic acids is 2. The van der Waals surface area contributed by atoms with E-state index in [9.17, 15) is 9.59 Å². The Balaban J connectivity index is 1.64. The minimum absolute atomic E-state index is 0.0879. The normalized spacial score (nSPS) is 10.6. The second kappa shape index (κ2) is 9.11. The van der Waals surface area contributed by atoms with E-state index >= 15 is 0 Å². The number of nitrogens with one attached hydrogen (secondary N) is 2. The quantitative estimate of drug-likeness (QED) is 0.605. The van der Waals surface area contributed by atoms with E-state index in [1.807, 2.05) is 44.2 Å². The van der Waals surface area contributed by atoms with Crippen LogP contribution in [0.15, 0.2) is 48.5 Å². The number of rotatable bonds is 5. The number of carbonyl (C=O) groups is 2. The lowest BCUT2D eigenvalue weighted by molar-refractivity contribution is -0.128. The Morgan fingerprint density at radius 2 is 1.59 bits per heavy atom. The lowest BCUT2D eigenvalue weighted by Gasteiger charge is -2.09. The molecule has 2 amide bonds. The first-order valence-corrected chi connectivity index (χ1v) is 9.73. The van der Waals surface area contributed by atoms with Gasteiger partial charge in [-0.15, -0.1) is 0 Å². The summed E-state index contributed by atoms with van der Waals surface area (Å²) in [4.78, 5) is 24.3. The van der Waals surface area contributed by atoms with Gasteiger partial charge >= 0.3 is 0 Å². The van der Waals surface area contributed by atoms with Crippen molar-refractivity contribution in [3.63, 3.8) is 0 Å². The Morgan fingerprint density at radius 3 is 2.24 bits per heavy atom. The summed E-state index contributed by atoms with van der Waals surface area (Å²) < 4.78 is 1.72. The van der Waals surface area contributed by atoms with Gasteiger partial charge in [0, 0.05) is 11.3 Å². The lowest BCUT2D eigenvalue weighted by Crippen LogP contribution is -2.43. The van der Waals surface area contributed by atoms with Gasteiger partial charge in [0.2, 0.25) is 11.8 Å². The molecule has 0 unspecified atom stereocenters. The van der Waals surface area contributed by atoms with Crippen LogP contribution in [-0.2, 0) is 22.4 Å². The first-order valence-electron chi connectivity index (χ1n) is 8.97. The van der Waals surface area contributed by atoms with Crippen molar-refractivity contribution in [2.75, 3.05) is 0 Å². The number of aryl methyl sites for hydroxylation is 1. The van der Waals surface area contributed by atoms with Crippen LogP contribution in [0.4, 0.5) is 0 Å². The van der Waals surface area contributed by atoms with Crippen LogP contribution < -0.4 is 10.9 Å². The molecule has 0 spiro atoms. The summed E-state index contributed by atoms with van der Waals surface area (Å²) in [6.45, 7) is 3.71. The molecule has 150 valence electrons. The average Bonchev–Trinajstić information content (AvgIpc) is 2.97. The number of halogens is 2. The van der Waals surface area contributed by atoms with Crippen LogP contribution in [0.25, 0.3) is 5.69 Å². The Labute approximate surface area is 178 Å². The highest BCUT2D eigenvalue weighted by molar-refractivity contribution is 6.42. The van der Waals surface area contributed by atoms with E-state index in [1.165, 1.54) is 0 Å². The molecule has 0 bridgehead atoms. The molecule has 3 aromatic rings. The van der Waals surface area contributed by atoms with E-state index in [4.69, 9.17) is 23.2 Å². The summed E-state index contributed by atoms with van der Waals surface area (Å²) >= 11 is 12.1. The average molecular weight is 431 g/mol. The molecule has 2 N–H and O–H groups in total. The van der Waals surface area contributed by atoms with Gasteiger partial charge in [0.05, 0.1) is 34.3 Å². The summed E-state index contributed by atoms with van der Waals surface area (Å²) in [6.07, 6.45) is 0.277. The summed E-state index contributed by atoms with van der Waals surface area (Å²) in [7, 11) is 0. The summed E-state index contributed by atoms with van der Waals surface area (Å²) in [5, 5.41) is 5.39. The van der Waals surface area contributed by atoms with Crippen LogP contribution in [0.1, 0.15) is 22.5 Å². The van der Waals surface area contributed by atoms with Gasteiger partial charge in [-0.1, -0.05) is 53.5 Å².